The molecule has 0 unspecified atom stereocenters. The topological polar surface area (TPSA) is 29.3 Å². The number of hydrogen-bond acceptors (Lipinski definition) is 2. The van der Waals surface area contributed by atoms with Gasteiger partial charge in [0.05, 0.1) is 0 Å². The van der Waals surface area contributed by atoms with Crippen molar-refractivity contribution >= 4 is 0 Å². The lowest BCUT2D eigenvalue weighted by Gasteiger charge is -2.37. The highest BCUT2D eigenvalue weighted by molar-refractivity contribution is 5.32. The highest BCUT2D eigenvalue weighted by Gasteiger charge is 2.26. The summed E-state index contributed by atoms with van der Waals surface area (Å²) < 4.78 is 0. The molecule has 1 aliphatic rings. The molecule has 0 aromatic heterocycles. The first-order chi connectivity index (χ1) is 13.6. The molecule has 1 fully saturated rings. The van der Waals surface area contributed by atoms with E-state index < -0.39 is 0 Å². The highest BCUT2D eigenvalue weighted by atomic mass is 15.1. The Morgan fingerprint density at radius 3 is 1.93 bits per heavy atom. The van der Waals surface area contributed by atoms with Gasteiger partial charge in [-0.15, -0.1) is 0 Å². The van der Waals surface area contributed by atoms with Crippen molar-refractivity contribution in [1.82, 2.24) is 4.90 Å². The molecule has 2 nitrogen and oxygen atoms in total. The Balaban J connectivity index is 1.83. The molecule has 0 aliphatic heterocycles. The summed E-state index contributed by atoms with van der Waals surface area (Å²) in [5.74, 6) is 1.24. The van der Waals surface area contributed by atoms with Crippen LogP contribution in [-0.2, 0) is 0 Å². The van der Waals surface area contributed by atoms with Gasteiger partial charge in [0.1, 0.15) is 0 Å². The highest BCUT2D eigenvalue weighted by Crippen LogP contribution is 2.30. The Labute approximate surface area is 172 Å². The Hall–Kier alpha value is -1.64. The zero-order valence-electron chi connectivity index (χ0n) is 17.8. The van der Waals surface area contributed by atoms with E-state index in [1.165, 1.54) is 49.8 Å². The molecule has 2 aromatic rings. The molecule has 0 radical (unpaired) electrons. The summed E-state index contributed by atoms with van der Waals surface area (Å²) in [7, 11) is 0. The van der Waals surface area contributed by atoms with Crippen molar-refractivity contribution in [2.45, 2.75) is 51.9 Å². The molecular formula is C26H38N2. The molecule has 2 aromatic carbocycles. The first-order valence-corrected chi connectivity index (χ1v) is 11.1. The molecule has 28 heavy (non-hydrogen) atoms. The quantitative estimate of drug-likeness (QED) is 0.608. The maximum absolute atomic E-state index is 6.11. The molecule has 0 heterocycles. The van der Waals surface area contributed by atoms with Gasteiger partial charge < -0.3 is 10.6 Å². The maximum Gasteiger partial charge on any atom is 0.0217 e. The normalized spacial score (nSPS) is 16.0. The molecule has 1 saturated carbocycles. The lowest BCUT2D eigenvalue weighted by molar-refractivity contribution is 0.141. The molecule has 2 heteroatoms. The fraction of sp³-hybridized carbons (Fsp3) is 0.538. The van der Waals surface area contributed by atoms with Crippen molar-refractivity contribution in [2.24, 2.45) is 17.1 Å². The van der Waals surface area contributed by atoms with Crippen LogP contribution in [0.4, 0.5) is 0 Å². The van der Waals surface area contributed by atoms with Crippen molar-refractivity contribution in [2.75, 3.05) is 26.2 Å². The van der Waals surface area contributed by atoms with Gasteiger partial charge in [0.25, 0.3) is 0 Å². The van der Waals surface area contributed by atoms with Crippen LogP contribution in [-0.4, -0.2) is 31.1 Å². The van der Waals surface area contributed by atoms with Gasteiger partial charge in [0.2, 0.25) is 0 Å². The van der Waals surface area contributed by atoms with Gasteiger partial charge in [-0.2, -0.15) is 0 Å². The van der Waals surface area contributed by atoms with Crippen molar-refractivity contribution < 1.29 is 0 Å². The van der Waals surface area contributed by atoms with E-state index in [4.69, 9.17) is 5.73 Å². The Morgan fingerprint density at radius 1 is 0.893 bits per heavy atom. The summed E-state index contributed by atoms with van der Waals surface area (Å²) in [4.78, 5) is 2.72. The zero-order chi connectivity index (χ0) is 19.8. The second-order valence-electron chi connectivity index (χ2n) is 9.44. The number of nitrogens with two attached hydrogens (primary N) is 1. The second-order valence-corrected chi connectivity index (χ2v) is 9.44. The van der Waals surface area contributed by atoms with Crippen molar-refractivity contribution in [3.63, 3.8) is 0 Å². The van der Waals surface area contributed by atoms with E-state index in [2.05, 4.69) is 79.4 Å². The van der Waals surface area contributed by atoms with Gasteiger partial charge in [-0.3, -0.25) is 0 Å². The lowest BCUT2D eigenvalue weighted by Crippen LogP contribution is -2.43. The van der Waals surface area contributed by atoms with Crippen LogP contribution in [0.2, 0.25) is 0 Å². The zero-order valence-corrected chi connectivity index (χ0v) is 17.8. The average molecular weight is 379 g/mol. The number of hydrogen-bond donors (Lipinski definition) is 1. The summed E-state index contributed by atoms with van der Waals surface area (Å²) in [6.45, 7) is 8.68. The smallest absolute Gasteiger partial charge is 0.0217 e. The molecule has 0 atom stereocenters. The van der Waals surface area contributed by atoms with Gasteiger partial charge in [0.15, 0.2) is 0 Å². The molecular weight excluding hydrogens is 340 g/mol. The van der Waals surface area contributed by atoms with Gasteiger partial charge in [0, 0.05) is 25.6 Å². The standard InChI is InChI=1S/C26H38N2/c1-26(2,20-27)21-28(18-22-12-6-3-7-13-22)19-25(23-14-8-4-9-15-23)24-16-10-5-11-17-24/h4-5,8-11,14-17,22,25H,3,6-7,12-13,18-21,27H2,1-2H3. The summed E-state index contributed by atoms with van der Waals surface area (Å²) in [6, 6.07) is 22.0. The molecule has 0 saturated heterocycles. The SMILES string of the molecule is CC(C)(CN)CN(CC1CCCCC1)CC(c1ccccc1)c1ccccc1. The van der Waals surface area contributed by atoms with Gasteiger partial charge in [-0.1, -0.05) is 93.8 Å². The third-order valence-corrected chi connectivity index (χ3v) is 6.29. The van der Waals surface area contributed by atoms with Crippen molar-refractivity contribution in [1.29, 1.82) is 0 Å². The molecule has 1 aliphatic carbocycles. The number of benzene rings is 2. The third-order valence-electron chi connectivity index (χ3n) is 6.29. The fourth-order valence-electron chi connectivity index (χ4n) is 4.64. The Kier molecular flexibility index (Phi) is 7.70. The molecule has 0 spiro atoms. The van der Waals surface area contributed by atoms with Crippen LogP contribution in [0.3, 0.4) is 0 Å². The van der Waals surface area contributed by atoms with Crippen LogP contribution in [0.5, 0.6) is 0 Å². The monoisotopic (exact) mass is 378 g/mol. The van der Waals surface area contributed by atoms with E-state index in [0.29, 0.717) is 5.92 Å². The first kappa shape index (κ1) is 21.1. The summed E-state index contributed by atoms with van der Waals surface area (Å²) in [6.07, 6.45) is 7.00. The van der Waals surface area contributed by atoms with Crippen LogP contribution in [0.15, 0.2) is 60.7 Å². The molecule has 3 rings (SSSR count). The van der Waals surface area contributed by atoms with E-state index in [-0.39, 0.29) is 5.41 Å². The predicted octanol–water partition coefficient (Wildman–Crippen LogP) is 5.69. The van der Waals surface area contributed by atoms with Crippen LogP contribution in [0.25, 0.3) is 0 Å². The van der Waals surface area contributed by atoms with Crippen LogP contribution >= 0.6 is 0 Å². The number of nitrogens with zero attached hydrogens (tertiary/aromatic N) is 1. The second kappa shape index (κ2) is 10.2. The first-order valence-electron chi connectivity index (χ1n) is 11.1. The number of rotatable bonds is 9. The van der Waals surface area contributed by atoms with Gasteiger partial charge in [-0.25, -0.2) is 0 Å². The molecule has 152 valence electrons. The van der Waals surface area contributed by atoms with Crippen LogP contribution < -0.4 is 5.73 Å². The van der Waals surface area contributed by atoms with Gasteiger partial charge >= 0.3 is 0 Å². The van der Waals surface area contributed by atoms with Crippen LogP contribution in [0, 0.1) is 11.3 Å². The minimum atomic E-state index is 0.145. The molecule has 2 N–H and O–H groups in total. The van der Waals surface area contributed by atoms with Crippen molar-refractivity contribution in [3.05, 3.63) is 71.8 Å². The Bertz CT molecular complexity index is 635. The van der Waals surface area contributed by atoms with Crippen molar-refractivity contribution in [3.8, 4) is 0 Å². The maximum atomic E-state index is 6.11. The average Bonchev–Trinajstić information content (AvgIpc) is 2.73. The molecule has 0 bridgehead atoms. The third kappa shape index (κ3) is 6.18. The van der Waals surface area contributed by atoms with E-state index in [0.717, 1.165) is 25.6 Å². The minimum absolute atomic E-state index is 0.145. The summed E-state index contributed by atoms with van der Waals surface area (Å²) in [5.41, 5.74) is 9.08. The minimum Gasteiger partial charge on any atom is -0.330 e. The van der Waals surface area contributed by atoms with Gasteiger partial charge in [-0.05, 0) is 41.8 Å². The lowest BCUT2D eigenvalue weighted by atomic mass is 9.85. The summed E-state index contributed by atoms with van der Waals surface area (Å²) in [5, 5.41) is 0. The Morgan fingerprint density at radius 2 is 1.43 bits per heavy atom. The van der Waals surface area contributed by atoms with E-state index in [1.54, 1.807) is 0 Å². The summed E-state index contributed by atoms with van der Waals surface area (Å²) >= 11 is 0. The predicted molar refractivity (Wildman–Crippen MR) is 121 cm³/mol. The van der Waals surface area contributed by atoms with Crippen LogP contribution in [0.1, 0.15) is 63.0 Å². The van der Waals surface area contributed by atoms with E-state index >= 15 is 0 Å². The largest absolute Gasteiger partial charge is 0.330 e. The fourth-order valence-corrected chi connectivity index (χ4v) is 4.64. The van der Waals surface area contributed by atoms with E-state index in [1.807, 2.05) is 0 Å². The van der Waals surface area contributed by atoms with E-state index in [9.17, 15) is 0 Å². The molecule has 0 amide bonds.